The molecule has 0 saturated carbocycles. The Bertz CT molecular complexity index is 109. The predicted molar refractivity (Wildman–Crippen MR) is 41.6 cm³/mol. The van der Waals surface area contributed by atoms with Crippen LogP contribution in [0.2, 0.25) is 6.55 Å². The lowest BCUT2D eigenvalue weighted by atomic mass is 9.99. The highest BCUT2D eigenvalue weighted by Gasteiger charge is 2.01. The second kappa shape index (κ2) is 2.94. The molecule has 0 N–H and O–H groups in total. The summed E-state index contributed by atoms with van der Waals surface area (Å²) in [6, 6.07) is 0. The zero-order valence-corrected chi connectivity index (χ0v) is 7.62. The van der Waals surface area contributed by atoms with Crippen molar-refractivity contribution in [1.82, 2.24) is 0 Å². The van der Waals surface area contributed by atoms with Crippen molar-refractivity contribution >= 4 is 9.52 Å². The first kappa shape index (κ1) is 7.78. The van der Waals surface area contributed by atoms with Crippen molar-refractivity contribution in [2.45, 2.75) is 27.3 Å². The molecular formula is C7H14Si. The average Bonchev–Trinajstić information content (AvgIpc) is 1.59. The SMILES string of the molecule is C[SiH2]C#CC(C)(C)C. The molecule has 0 amide bonds. The van der Waals surface area contributed by atoms with Gasteiger partial charge in [-0.15, -0.1) is 11.5 Å². The van der Waals surface area contributed by atoms with Crippen molar-refractivity contribution in [2.75, 3.05) is 0 Å². The molecule has 8 heavy (non-hydrogen) atoms. The van der Waals surface area contributed by atoms with Gasteiger partial charge in [-0.2, -0.15) is 0 Å². The maximum Gasteiger partial charge on any atom is 0.104 e. The predicted octanol–water partition coefficient (Wildman–Crippen LogP) is 1.21. The van der Waals surface area contributed by atoms with Crippen molar-refractivity contribution in [3.63, 3.8) is 0 Å². The molecule has 0 heterocycles. The largest absolute Gasteiger partial charge is 0.139 e. The van der Waals surface area contributed by atoms with Crippen LogP contribution in [0.3, 0.4) is 0 Å². The van der Waals surface area contributed by atoms with E-state index in [1.165, 1.54) is 0 Å². The molecule has 0 aliphatic rings. The third kappa shape index (κ3) is 5.78. The van der Waals surface area contributed by atoms with E-state index in [1.54, 1.807) is 0 Å². The first-order valence-corrected chi connectivity index (χ1v) is 5.18. The van der Waals surface area contributed by atoms with Crippen molar-refractivity contribution in [3.05, 3.63) is 0 Å². The Kier molecular flexibility index (Phi) is 2.85. The van der Waals surface area contributed by atoms with Gasteiger partial charge in [0.25, 0.3) is 0 Å². The molecule has 0 saturated heterocycles. The molecule has 0 aromatic heterocycles. The second-order valence-corrected chi connectivity index (χ2v) is 3.97. The van der Waals surface area contributed by atoms with Gasteiger partial charge in [0.1, 0.15) is 9.52 Å². The third-order valence-corrected chi connectivity index (χ3v) is 1.17. The van der Waals surface area contributed by atoms with Crippen molar-refractivity contribution in [1.29, 1.82) is 0 Å². The molecule has 0 atom stereocenters. The lowest BCUT2D eigenvalue weighted by molar-refractivity contribution is 0.571. The summed E-state index contributed by atoms with van der Waals surface area (Å²) in [5, 5.41) is 0. The van der Waals surface area contributed by atoms with Gasteiger partial charge < -0.3 is 0 Å². The fourth-order valence-corrected chi connectivity index (χ4v) is 1.06. The van der Waals surface area contributed by atoms with Crippen LogP contribution in [0.5, 0.6) is 0 Å². The standard InChI is InChI=1S/C7H14Si/c1-7(2,3)5-6-8-4/h8H2,1-4H3. The first-order valence-electron chi connectivity index (χ1n) is 3.06. The summed E-state index contributed by atoms with van der Waals surface area (Å²) in [5.41, 5.74) is 3.40. The third-order valence-electron chi connectivity index (χ3n) is 0.640. The van der Waals surface area contributed by atoms with Crippen LogP contribution in [0.1, 0.15) is 20.8 Å². The Morgan fingerprint density at radius 3 is 1.88 bits per heavy atom. The van der Waals surface area contributed by atoms with Gasteiger partial charge in [-0.25, -0.2) is 0 Å². The molecule has 0 rings (SSSR count). The maximum absolute atomic E-state index is 3.18. The van der Waals surface area contributed by atoms with E-state index in [2.05, 4.69) is 38.8 Å². The van der Waals surface area contributed by atoms with E-state index in [-0.39, 0.29) is 14.9 Å². The lowest BCUT2D eigenvalue weighted by Gasteiger charge is -2.06. The summed E-state index contributed by atoms with van der Waals surface area (Å²) in [6.45, 7) is 8.64. The fourth-order valence-electron chi connectivity index (χ4n) is 0.354. The monoisotopic (exact) mass is 126 g/mol. The average molecular weight is 126 g/mol. The van der Waals surface area contributed by atoms with E-state index >= 15 is 0 Å². The minimum Gasteiger partial charge on any atom is -0.139 e. The molecule has 0 aliphatic carbocycles. The maximum atomic E-state index is 3.18. The molecule has 1 heteroatoms. The van der Waals surface area contributed by atoms with E-state index in [1.807, 2.05) is 0 Å². The van der Waals surface area contributed by atoms with E-state index < -0.39 is 0 Å². The van der Waals surface area contributed by atoms with Crippen LogP contribution in [0, 0.1) is 16.9 Å². The minimum absolute atomic E-state index is 0.0269. The van der Waals surface area contributed by atoms with Gasteiger partial charge in [0.05, 0.1) is 0 Å². The van der Waals surface area contributed by atoms with Crippen LogP contribution in [0.15, 0.2) is 0 Å². The van der Waals surface area contributed by atoms with Gasteiger partial charge in [-0.3, -0.25) is 0 Å². The van der Waals surface area contributed by atoms with Crippen LogP contribution in [-0.4, -0.2) is 9.52 Å². The minimum atomic E-state index is -0.0269. The lowest BCUT2D eigenvalue weighted by Crippen LogP contribution is -1.99. The van der Waals surface area contributed by atoms with Crippen molar-refractivity contribution < 1.29 is 0 Å². The molecule has 46 valence electrons. The fraction of sp³-hybridized carbons (Fsp3) is 0.714. The van der Waals surface area contributed by atoms with E-state index in [0.717, 1.165) is 0 Å². The van der Waals surface area contributed by atoms with Crippen molar-refractivity contribution in [3.8, 4) is 11.5 Å². The van der Waals surface area contributed by atoms with Gasteiger partial charge in [0, 0.05) is 5.41 Å². The summed E-state index contributed by atoms with van der Waals surface area (Å²) in [7, 11) is -0.0269. The Morgan fingerprint density at radius 2 is 1.75 bits per heavy atom. The first-order chi connectivity index (χ1) is 3.56. The molecule has 0 unspecified atom stereocenters. The molecule has 0 aromatic carbocycles. The summed E-state index contributed by atoms with van der Waals surface area (Å²) in [5.74, 6) is 3.18. The van der Waals surface area contributed by atoms with Crippen LogP contribution < -0.4 is 0 Å². The van der Waals surface area contributed by atoms with Crippen LogP contribution in [0.4, 0.5) is 0 Å². The summed E-state index contributed by atoms with van der Waals surface area (Å²) < 4.78 is 0. The quantitative estimate of drug-likeness (QED) is 0.338. The molecule has 0 spiro atoms. The zero-order valence-electron chi connectivity index (χ0n) is 6.21. The zero-order chi connectivity index (χ0) is 6.62. The Morgan fingerprint density at radius 1 is 1.25 bits per heavy atom. The van der Waals surface area contributed by atoms with Gasteiger partial charge >= 0.3 is 0 Å². The molecule has 0 nitrogen and oxygen atoms in total. The molecule has 0 aliphatic heterocycles. The summed E-state index contributed by atoms with van der Waals surface area (Å²) in [6.07, 6.45) is 0. The molecular weight excluding hydrogens is 112 g/mol. The number of rotatable bonds is 0. The second-order valence-electron chi connectivity index (χ2n) is 2.91. The van der Waals surface area contributed by atoms with E-state index in [9.17, 15) is 0 Å². The van der Waals surface area contributed by atoms with E-state index in [4.69, 9.17) is 0 Å². The molecule has 0 radical (unpaired) electrons. The number of hydrogen-bond donors (Lipinski definition) is 0. The van der Waals surface area contributed by atoms with E-state index in [0.29, 0.717) is 0 Å². The van der Waals surface area contributed by atoms with Gasteiger partial charge in [-0.05, 0) is 20.8 Å². The molecule has 0 bridgehead atoms. The molecule has 0 aromatic rings. The van der Waals surface area contributed by atoms with Crippen LogP contribution in [-0.2, 0) is 0 Å². The Balaban J connectivity index is 3.69. The highest BCUT2D eigenvalue weighted by molar-refractivity contribution is 6.44. The Hall–Kier alpha value is -0.223. The van der Waals surface area contributed by atoms with Crippen LogP contribution in [0.25, 0.3) is 0 Å². The van der Waals surface area contributed by atoms with Gasteiger partial charge in [0.2, 0.25) is 0 Å². The molecule has 0 fully saturated rings. The summed E-state index contributed by atoms with van der Waals surface area (Å²) >= 11 is 0. The van der Waals surface area contributed by atoms with Gasteiger partial charge in [-0.1, -0.05) is 6.55 Å². The highest BCUT2D eigenvalue weighted by Crippen LogP contribution is 2.09. The smallest absolute Gasteiger partial charge is 0.104 e. The Labute approximate surface area is 54.5 Å². The summed E-state index contributed by atoms with van der Waals surface area (Å²) in [4.78, 5) is 0. The topological polar surface area (TPSA) is 0 Å². The normalized spacial score (nSPS) is 11.5. The highest BCUT2D eigenvalue weighted by atomic mass is 28.2. The van der Waals surface area contributed by atoms with Crippen molar-refractivity contribution in [2.24, 2.45) is 5.41 Å². The van der Waals surface area contributed by atoms with Crippen LogP contribution >= 0.6 is 0 Å². The van der Waals surface area contributed by atoms with Gasteiger partial charge in [0.15, 0.2) is 0 Å². The number of hydrogen-bond acceptors (Lipinski definition) is 0.